The van der Waals surface area contributed by atoms with Crippen molar-refractivity contribution in [2.75, 3.05) is 18.2 Å². The van der Waals surface area contributed by atoms with Crippen molar-refractivity contribution >= 4 is 29.0 Å². The lowest BCUT2D eigenvalue weighted by Gasteiger charge is -2.09. The Morgan fingerprint density at radius 3 is 2.83 bits per heavy atom. The normalized spacial score (nSPS) is 10.5. The number of para-hydroxylation sites is 1. The summed E-state index contributed by atoms with van der Waals surface area (Å²) in [6.07, 6.45) is 0. The first-order valence-electron chi connectivity index (χ1n) is 8.50. The number of rotatable bonds is 9. The number of benzene rings is 2. The molecular weight excluding hydrogens is 417 g/mol. The molecule has 0 aliphatic carbocycles. The van der Waals surface area contributed by atoms with Gasteiger partial charge in [-0.3, -0.25) is 20.0 Å². The Hall–Kier alpha value is -3.67. The summed E-state index contributed by atoms with van der Waals surface area (Å²) in [5.41, 5.74) is 0.160. The Balaban J connectivity index is 1.52. The molecule has 0 bridgehead atoms. The van der Waals surface area contributed by atoms with Crippen LogP contribution in [0.4, 0.5) is 15.8 Å². The van der Waals surface area contributed by atoms with Crippen LogP contribution in [0.5, 0.6) is 11.5 Å². The number of hydrogen-bond donors (Lipinski definition) is 2. The summed E-state index contributed by atoms with van der Waals surface area (Å²) in [5, 5.41) is 20.4. The molecule has 1 heterocycles. The van der Waals surface area contributed by atoms with Crippen molar-refractivity contribution in [3.8, 4) is 11.5 Å². The molecular formula is C18H16FN5O5S. The van der Waals surface area contributed by atoms with Gasteiger partial charge in [-0.2, -0.15) is 0 Å². The number of hydrogen-bond acceptors (Lipinski definition) is 8. The van der Waals surface area contributed by atoms with Gasteiger partial charge in [0.25, 0.3) is 5.69 Å². The Bertz CT molecular complexity index is 1060. The van der Waals surface area contributed by atoms with Crippen LogP contribution in [0.25, 0.3) is 0 Å². The highest BCUT2D eigenvalue weighted by molar-refractivity contribution is 7.99. The Kier molecular flexibility index (Phi) is 6.80. The molecule has 156 valence electrons. The lowest BCUT2D eigenvalue weighted by atomic mass is 10.2. The number of halogens is 1. The van der Waals surface area contributed by atoms with E-state index in [1.54, 1.807) is 12.1 Å². The molecule has 3 aromatic rings. The van der Waals surface area contributed by atoms with Gasteiger partial charge in [-0.05, 0) is 18.2 Å². The van der Waals surface area contributed by atoms with Crippen molar-refractivity contribution in [2.24, 2.45) is 0 Å². The Labute approximate surface area is 174 Å². The molecule has 1 amide bonds. The van der Waals surface area contributed by atoms with Crippen molar-refractivity contribution in [1.82, 2.24) is 15.2 Å². The molecule has 0 saturated heterocycles. The lowest BCUT2D eigenvalue weighted by Crippen LogP contribution is -2.15. The number of amides is 1. The smallest absolute Gasteiger partial charge is 0.273 e. The van der Waals surface area contributed by atoms with E-state index in [0.29, 0.717) is 16.7 Å². The fraction of sp³-hybridized carbons (Fsp3) is 0.167. The van der Waals surface area contributed by atoms with Crippen LogP contribution >= 0.6 is 11.8 Å². The van der Waals surface area contributed by atoms with Gasteiger partial charge in [0, 0.05) is 6.07 Å². The van der Waals surface area contributed by atoms with E-state index in [-0.39, 0.29) is 35.5 Å². The predicted molar refractivity (Wildman–Crippen MR) is 106 cm³/mol. The largest absolute Gasteiger partial charge is 0.494 e. The van der Waals surface area contributed by atoms with Gasteiger partial charge in [-0.1, -0.05) is 23.9 Å². The van der Waals surface area contributed by atoms with Crippen molar-refractivity contribution in [2.45, 2.75) is 11.8 Å². The second kappa shape index (κ2) is 9.69. The number of carbonyl (C=O) groups excluding carboxylic acids is 1. The first kappa shape index (κ1) is 21.0. The molecule has 0 aliphatic rings. The molecule has 0 atom stereocenters. The third-order valence-corrected chi connectivity index (χ3v) is 4.56. The van der Waals surface area contributed by atoms with Gasteiger partial charge in [-0.15, -0.1) is 5.10 Å². The number of anilines is 1. The van der Waals surface area contributed by atoms with Crippen LogP contribution in [0.3, 0.4) is 0 Å². The molecule has 12 heteroatoms. The molecule has 0 saturated carbocycles. The number of aromatic nitrogens is 3. The maximum absolute atomic E-state index is 13.5. The molecule has 1 aromatic heterocycles. The number of aromatic amines is 1. The summed E-state index contributed by atoms with van der Waals surface area (Å²) >= 11 is 1.07. The zero-order valence-corrected chi connectivity index (χ0v) is 16.4. The van der Waals surface area contributed by atoms with Gasteiger partial charge in [0.15, 0.2) is 17.4 Å². The molecule has 3 rings (SSSR count). The maximum atomic E-state index is 13.5. The van der Waals surface area contributed by atoms with Crippen LogP contribution in [0.15, 0.2) is 47.6 Å². The van der Waals surface area contributed by atoms with Gasteiger partial charge < -0.3 is 14.8 Å². The standard InChI is InChI=1S/C18H16FN5O5S/c1-28-15-8-11(24(26)27)6-7-13(15)20-17(25)10-30-18-21-16(22-23-18)9-29-14-5-3-2-4-12(14)19/h2-8H,9-10H2,1H3,(H,20,25)(H,21,22,23). The average molecular weight is 433 g/mol. The summed E-state index contributed by atoms with van der Waals surface area (Å²) in [6, 6.07) is 9.88. The number of nitrogens with one attached hydrogen (secondary N) is 2. The van der Waals surface area contributed by atoms with E-state index in [2.05, 4.69) is 20.5 Å². The van der Waals surface area contributed by atoms with Crippen LogP contribution in [-0.4, -0.2) is 38.9 Å². The molecule has 2 aromatic carbocycles. The van der Waals surface area contributed by atoms with E-state index in [0.717, 1.165) is 11.8 Å². The number of thioether (sulfide) groups is 1. The summed E-state index contributed by atoms with van der Waals surface area (Å²) in [4.78, 5) is 26.6. The summed E-state index contributed by atoms with van der Waals surface area (Å²) in [5.74, 6) is -0.220. The third-order valence-electron chi connectivity index (χ3n) is 3.71. The van der Waals surface area contributed by atoms with Crippen molar-refractivity contribution in [1.29, 1.82) is 0 Å². The second-order valence-corrected chi connectivity index (χ2v) is 6.70. The second-order valence-electron chi connectivity index (χ2n) is 5.76. The number of nitrogens with zero attached hydrogens (tertiary/aromatic N) is 3. The molecule has 30 heavy (non-hydrogen) atoms. The van der Waals surface area contributed by atoms with Crippen LogP contribution < -0.4 is 14.8 Å². The van der Waals surface area contributed by atoms with Crippen molar-refractivity contribution < 1.29 is 23.6 Å². The van der Waals surface area contributed by atoms with Gasteiger partial charge in [0.05, 0.1) is 29.5 Å². The minimum Gasteiger partial charge on any atom is -0.494 e. The van der Waals surface area contributed by atoms with E-state index in [4.69, 9.17) is 9.47 Å². The molecule has 10 nitrogen and oxygen atoms in total. The van der Waals surface area contributed by atoms with Gasteiger partial charge >= 0.3 is 0 Å². The fourth-order valence-corrected chi connectivity index (χ4v) is 2.95. The highest BCUT2D eigenvalue weighted by atomic mass is 32.2. The van der Waals surface area contributed by atoms with Crippen LogP contribution in [0.1, 0.15) is 5.82 Å². The molecule has 0 aliphatic heterocycles. The molecule has 2 N–H and O–H groups in total. The highest BCUT2D eigenvalue weighted by Crippen LogP contribution is 2.29. The fourth-order valence-electron chi connectivity index (χ4n) is 2.33. The Morgan fingerprint density at radius 1 is 1.30 bits per heavy atom. The van der Waals surface area contributed by atoms with Gasteiger partial charge in [0.2, 0.25) is 11.1 Å². The predicted octanol–water partition coefficient (Wildman–Crippen LogP) is 3.17. The minimum absolute atomic E-state index is 0.00833. The van der Waals surface area contributed by atoms with E-state index < -0.39 is 10.7 Å². The Morgan fingerprint density at radius 2 is 2.10 bits per heavy atom. The highest BCUT2D eigenvalue weighted by Gasteiger charge is 2.14. The lowest BCUT2D eigenvalue weighted by molar-refractivity contribution is -0.384. The number of non-ortho nitro benzene ring substituents is 1. The third kappa shape index (κ3) is 5.44. The van der Waals surface area contributed by atoms with E-state index in [1.165, 1.54) is 37.4 Å². The minimum atomic E-state index is -0.555. The molecule has 0 unspecified atom stereocenters. The van der Waals surface area contributed by atoms with Crippen LogP contribution in [0.2, 0.25) is 0 Å². The monoisotopic (exact) mass is 433 g/mol. The number of nitro benzene ring substituents is 1. The summed E-state index contributed by atoms with van der Waals surface area (Å²) in [6.45, 7) is -0.0132. The van der Waals surface area contributed by atoms with Crippen LogP contribution in [0, 0.1) is 15.9 Å². The molecule has 0 spiro atoms. The zero-order chi connectivity index (χ0) is 21.5. The zero-order valence-electron chi connectivity index (χ0n) is 15.6. The van der Waals surface area contributed by atoms with Crippen LogP contribution in [-0.2, 0) is 11.4 Å². The van der Waals surface area contributed by atoms with E-state index >= 15 is 0 Å². The number of carbonyl (C=O) groups is 1. The quantitative estimate of drug-likeness (QED) is 0.299. The van der Waals surface area contributed by atoms with Crippen molar-refractivity contribution in [3.05, 3.63) is 64.2 Å². The number of H-pyrrole nitrogens is 1. The van der Waals surface area contributed by atoms with E-state index in [9.17, 15) is 19.3 Å². The number of nitro groups is 1. The number of ether oxygens (including phenoxy) is 2. The van der Waals surface area contributed by atoms with Crippen molar-refractivity contribution in [3.63, 3.8) is 0 Å². The summed E-state index contributed by atoms with van der Waals surface area (Å²) < 4.78 is 24.0. The number of methoxy groups -OCH3 is 1. The van der Waals surface area contributed by atoms with Gasteiger partial charge in [-0.25, -0.2) is 9.37 Å². The SMILES string of the molecule is COc1cc([N+](=O)[O-])ccc1NC(=O)CSc1n[nH]c(COc2ccccc2F)n1. The summed E-state index contributed by atoms with van der Waals surface area (Å²) in [7, 11) is 1.35. The van der Waals surface area contributed by atoms with E-state index in [1.807, 2.05) is 0 Å². The van der Waals surface area contributed by atoms with Gasteiger partial charge in [0.1, 0.15) is 12.4 Å². The molecule has 0 fully saturated rings. The average Bonchev–Trinajstić information content (AvgIpc) is 3.19. The first-order chi connectivity index (χ1) is 14.5. The topological polar surface area (TPSA) is 132 Å². The molecule has 0 radical (unpaired) electrons. The first-order valence-corrected chi connectivity index (χ1v) is 9.48. The maximum Gasteiger partial charge on any atom is 0.273 e.